The van der Waals surface area contributed by atoms with Crippen molar-refractivity contribution in [1.82, 2.24) is 19.4 Å². The van der Waals surface area contributed by atoms with Crippen LogP contribution >= 0.6 is 0 Å². The molecule has 7 nitrogen and oxygen atoms in total. The van der Waals surface area contributed by atoms with Crippen LogP contribution in [-0.2, 0) is 16.4 Å². The van der Waals surface area contributed by atoms with E-state index in [2.05, 4.69) is 10.3 Å². The first-order chi connectivity index (χ1) is 12.0. The van der Waals surface area contributed by atoms with E-state index in [9.17, 15) is 13.2 Å². The zero-order chi connectivity index (χ0) is 17.9. The molecular weight excluding hydrogens is 340 g/mol. The van der Waals surface area contributed by atoms with Crippen molar-refractivity contribution in [3.63, 3.8) is 0 Å². The van der Waals surface area contributed by atoms with Gasteiger partial charge >= 0.3 is 6.03 Å². The maximum Gasteiger partial charge on any atom is 0.328 e. The summed E-state index contributed by atoms with van der Waals surface area (Å²) in [5.41, 5.74) is 1.90. The van der Waals surface area contributed by atoms with Crippen LogP contribution < -0.4 is 10.0 Å². The Hall–Kier alpha value is -2.87. The number of fused-ring (bicyclic) bond motifs is 1. The molecule has 0 aliphatic rings. The van der Waals surface area contributed by atoms with Crippen LogP contribution in [0.4, 0.5) is 4.79 Å². The fraction of sp³-hybridized carbons (Fsp3) is 0.176. The van der Waals surface area contributed by atoms with Gasteiger partial charge in [-0.2, -0.15) is 0 Å². The Kier molecular flexibility index (Phi) is 4.71. The molecule has 0 radical (unpaired) electrons. The number of rotatable bonds is 5. The molecule has 2 aromatic heterocycles. The average molecular weight is 358 g/mol. The number of nitrogens with one attached hydrogen (secondary N) is 2. The van der Waals surface area contributed by atoms with Gasteiger partial charge in [0.2, 0.25) is 0 Å². The lowest BCUT2D eigenvalue weighted by atomic mass is 10.2. The number of amides is 2. The van der Waals surface area contributed by atoms with E-state index in [4.69, 9.17) is 0 Å². The molecule has 0 aliphatic heterocycles. The third-order valence-corrected chi connectivity index (χ3v) is 5.05. The van der Waals surface area contributed by atoms with Crippen LogP contribution in [0.2, 0.25) is 0 Å². The summed E-state index contributed by atoms with van der Waals surface area (Å²) < 4.78 is 28.2. The molecule has 0 aliphatic carbocycles. The van der Waals surface area contributed by atoms with Gasteiger partial charge in [0.15, 0.2) is 0 Å². The van der Waals surface area contributed by atoms with E-state index in [1.807, 2.05) is 40.4 Å². The van der Waals surface area contributed by atoms with E-state index in [-0.39, 0.29) is 11.4 Å². The van der Waals surface area contributed by atoms with Gasteiger partial charge in [-0.25, -0.2) is 22.9 Å². The summed E-state index contributed by atoms with van der Waals surface area (Å²) in [7, 11) is -3.88. The largest absolute Gasteiger partial charge is 0.337 e. The Labute approximate surface area is 145 Å². The second kappa shape index (κ2) is 6.94. The number of carbonyl (C=O) groups excluding carboxylic acids is 1. The lowest BCUT2D eigenvalue weighted by Crippen LogP contribution is -2.40. The maximum atomic E-state index is 12.1. The number of hydrogen-bond acceptors (Lipinski definition) is 4. The molecular formula is C17H18N4O3S. The third kappa shape index (κ3) is 3.97. The van der Waals surface area contributed by atoms with Crippen LogP contribution in [0, 0.1) is 6.92 Å². The van der Waals surface area contributed by atoms with Gasteiger partial charge in [-0.05, 0) is 31.2 Å². The Balaban J connectivity index is 1.57. The van der Waals surface area contributed by atoms with Crippen molar-refractivity contribution >= 4 is 21.6 Å². The third-order valence-electron chi connectivity index (χ3n) is 3.71. The average Bonchev–Trinajstić information content (AvgIpc) is 2.98. The Morgan fingerprint density at radius 3 is 2.68 bits per heavy atom. The zero-order valence-corrected chi connectivity index (χ0v) is 14.5. The topological polar surface area (TPSA) is 92.6 Å². The minimum absolute atomic E-state index is 0.0486. The van der Waals surface area contributed by atoms with Crippen molar-refractivity contribution < 1.29 is 13.2 Å². The van der Waals surface area contributed by atoms with Crippen LogP contribution in [-0.4, -0.2) is 30.4 Å². The summed E-state index contributed by atoms with van der Waals surface area (Å²) in [6.45, 7) is 2.12. The number of sulfonamides is 1. The molecule has 0 atom stereocenters. The molecule has 130 valence electrons. The van der Waals surface area contributed by atoms with Crippen LogP contribution in [0.5, 0.6) is 0 Å². The lowest BCUT2D eigenvalue weighted by molar-refractivity contribution is 0.246. The Morgan fingerprint density at radius 1 is 1.16 bits per heavy atom. The second-order valence-corrected chi connectivity index (χ2v) is 7.28. The zero-order valence-electron chi connectivity index (χ0n) is 13.6. The molecule has 3 aromatic rings. The van der Waals surface area contributed by atoms with Crippen molar-refractivity contribution in [2.24, 2.45) is 0 Å². The molecule has 0 saturated carbocycles. The minimum atomic E-state index is -3.88. The first-order valence-corrected chi connectivity index (χ1v) is 9.22. The van der Waals surface area contributed by atoms with Crippen molar-refractivity contribution in [3.05, 3.63) is 66.2 Å². The van der Waals surface area contributed by atoms with E-state index in [1.54, 1.807) is 18.3 Å². The molecule has 8 heteroatoms. The van der Waals surface area contributed by atoms with Gasteiger partial charge < -0.3 is 9.72 Å². The normalized spacial score (nSPS) is 11.4. The lowest BCUT2D eigenvalue weighted by Gasteiger charge is -2.08. The highest BCUT2D eigenvalue weighted by Gasteiger charge is 2.17. The number of imidazole rings is 1. The van der Waals surface area contributed by atoms with Gasteiger partial charge in [0, 0.05) is 19.2 Å². The minimum Gasteiger partial charge on any atom is -0.337 e. The number of benzene rings is 1. The molecule has 25 heavy (non-hydrogen) atoms. The summed E-state index contributed by atoms with van der Waals surface area (Å²) in [6, 6.07) is 11.3. The number of pyridine rings is 1. The van der Waals surface area contributed by atoms with Crippen molar-refractivity contribution in [1.29, 1.82) is 0 Å². The van der Waals surface area contributed by atoms with Crippen LogP contribution in [0.3, 0.4) is 0 Å². The second-order valence-electron chi connectivity index (χ2n) is 5.59. The first-order valence-electron chi connectivity index (χ1n) is 7.74. The molecule has 0 unspecified atom stereocenters. The fourth-order valence-corrected chi connectivity index (χ4v) is 3.34. The highest BCUT2D eigenvalue weighted by molar-refractivity contribution is 7.90. The molecule has 3 rings (SSSR count). The molecule has 0 bridgehead atoms. The van der Waals surface area contributed by atoms with Gasteiger partial charge in [-0.3, -0.25) is 0 Å². The first kappa shape index (κ1) is 17.0. The number of urea groups is 1. The molecule has 2 amide bonds. The monoisotopic (exact) mass is 358 g/mol. The highest BCUT2D eigenvalue weighted by Crippen LogP contribution is 2.09. The van der Waals surface area contributed by atoms with Crippen LogP contribution in [0.1, 0.15) is 11.4 Å². The summed E-state index contributed by atoms with van der Waals surface area (Å²) in [6.07, 6.45) is 4.12. The predicted molar refractivity (Wildman–Crippen MR) is 93.8 cm³/mol. The molecule has 1 aromatic carbocycles. The van der Waals surface area contributed by atoms with E-state index in [0.29, 0.717) is 6.42 Å². The molecule has 2 N–H and O–H groups in total. The number of nitrogens with zero attached hydrogens (tertiary/aromatic N) is 2. The number of aromatic nitrogens is 2. The van der Waals surface area contributed by atoms with E-state index < -0.39 is 16.1 Å². The van der Waals surface area contributed by atoms with Gasteiger partial charge in [0.1, 0.15) is 5.82 Å². The van der Waals surface area contributed by atoms with Crippen LogP contribution in [0.15, 0.2) is 59.8 Å². The summed E-state index contributed by atoms with van der Waals surface area (Å²) in [5, 5.41) is 2.54. The molecule has 2 heterocycles. The van der Waals surface area contributed by atoms with Gasteiger partial charge in [0.25, 0.3) is 10.0 Å². The fourth-order valence-electron chi connectivity index (χ4n) is 2.41. The Morgan fingerprint density at radius 2 is 1.92 bits per heavy atom. The quantitative estimate of drug-likeness (QED) is 0.728. The molecule has 0 fully saturated rings. The van der Waals surface area contributed by atoms with Gasteiger partial charge in [-0.15, -0.1) is 0 Å². The molecule has 0 saturated heterocycles. The maximum absolute atomic E-state index is 12.1. The van der Waals surface area contributed by atoms with E-state index in [0.717, 1.165) is 16.9 Å². The van der Waals surface area contributed by atoms with Crippen molar-refractivity contribution in [3.8, 4) is 0 Å². The van der Waals surface area contributed by atoms with Crippen molar-refractivity contribution in [2.75, 3.05) is 6.54 Å². The van der Waals surface area contributed by atoms with Gasteiger partial charge in [0.05, 0.1) is 16.6 Å². The van der Waals surface area contributed by atoms with Gasteiger partial charge in [-0.1, -0.05) is 23.8 Å². The SMILES string of the molecule is Cc1ccc(S(=O)(=O)NC(=O)NCCc2ncc3ccccn23)cc1. The molecule has 0 spiro atoms. The number of hydrogen-bond donors (Lipinski definition) is 2. The summed E-state index contributed by atoms with van der Waals surface area (Å²) in [4.78, 5) is 16.2. The van der Waals surface area contributed by atoms with E-state index >= 15 is 0 Å². The highest BCUT2D eigenvalue weighted by atomic mass is 32.2. The predicted octanol–water partition coefficient (Wildman–Crippen LogP) is 1.87. The Bertz CT molecular complexity index is 994. The van der Waals surface area contributed by atoms with Crippen LogP contribution in [0.25, 0.3) is 5.52 Å². The standard InChI is InChI=1S/C17H18N4O3S/c1-13-5-7-15(8-6-13)25(23,24)20-17(22)18-10-9-16-19-12-14-4-2-3-11-21(14)16/h2-8,11-12H,9-10H2,1H3,(H2,18,20,22). The summed E-state index contributed by atoms with van der Waals surface area (Å²) in [5.74, 6) is 0.789. The number of carbonyl (C=O) groups is 1. The van der Waals surface area contributed by atoms with E-state index in [1.165, 1.54) is 12.1 Å². The number of aryl methyl sites for hydroxylation is 1. The summed E-state index contributed by atoms with van der Waals surface area (Å²) >= 11 is 0. The smallest absolute Gasteiger partial charge is 0.328 e. The van der Waals surface area contributed by atoms with Crippen molar-refractivity contribution in [2.45, 2.75) is 18.2 Å².